The van der Waals surface area contributed by atoms with Gasteiger partial charge in [-0.2, -0.15) is 0 Å². The molecule has 3 N–H and O–H groups in total. The molecule has 0 radical (unpaired) electrons. The Labute approximate surface area is 188 Å². The summed E-state index contributed by atoms with van der Waals surface area (Å²) in [7, 11) is 0. The van der Waals surface area contributed by atoms with Crippen molar-refractivity contribution in [2.75, 3.05) is 18.4 Å². The molecule has 3 rings (SSSR count). The number of nitrogens with one attached hydrogen (secondary N) is 2. The van der Waals surface area contributed by atoms with E-state index in [0.29, 0.717) is 22.4 Å². The maximum absolute atomic E-state index is 11.0. The van der Waals surface area contributed by atoms with E-state index in [9.17, 15) is 4.79 Å². The van der Waals surface area contributed by atoms with Crippen molar-refractivity contribution < 1.29 is 10.0 Å². The van der Waals surface area contributed by atoms with Gasteiger partial charge >= 0.3 is 0 Å². The lowest BCUT2D eigenvalue weighted by atomic mass is 10.0. The monoisotopic (exact) mass is 458 g/mol. The molecule has 2 aromatic rings. The molecule has 1 aromatic carbocycles. The lowest BCUT2D eigenvalue weighted by Gasteiger charge is -2.32. The molecule has 0 spiro atoms. The van der Waals surface area contributed by atoms with Crippen molar-refractivity contribution in [3.8, 4) is 0 Å². The van der Waals surface area contributed by atoms with Crippen LogP contribution in [-0.2, 0) is 11.3 Å². The third-order valence-electron chi connectivity index (χ3n) is 4.58. The quantitative estimate of drug-likeness (QED) is 0.343. The molecule has 9 heteroatoms. The normalized spacial score (nSPS) is 14.7. The van der Waals surface area contributed by atoms with E-state index in [2.05, 4.69) is 39.5 Å². The van der Waals surface area contributed by atoms with Crippen LogP contribution in [0.15, 0.2) is 48.7 Å². The van der Waals surface area contributed by atoms with Gasteiger partial charge in [0.1, 0.15) is 5.82 Å². The molecular formula is C20H25Cl3N4O2. The fraction of sp³-hybridized carbons (Fsp3) is 0.300. The molecule has 1 aliphatic heterocycles. The number of benzene rings is 1. The van der Waals surface area contributed by atoms with Crippen molar-refractivity contribution >= 4 is 54.2 Å². The van der Waals surface area contributed by atoms with Crippen LogP contribution in [0.4, 0.5) is 5.82 Å². The minimum absolute atomic E-state index is 0. The Morgan fingerprint density at radius 1 is 1.24 bits per heavy atom. The zero-order valence-electron chi connectivity index (χ0n) is 15.8. The summed E-state index contributed by atoms with van der Waals surface area (Å²) in [6.07, 6.45) is 6.45. The van der Waals surface area contributed by atoms with Gasteiger partial charge in [0.25, 0.3) is 5.91 Å². The number of aromatic nitrogens is 1. The van der Waals surface area contributed by atoms with Crippen LogP contribution < -0.4 is 10.8 Å². The molecule has 158 valence electrons. The molecule has 1 saturated heterocycles. The number of carbonyl (C=O) groups excluding carboxylic acids is 1. The largest absolute Gasteiger partial charge is 0.366 e. The van der Waals surface area contributed by atoms with Crippen molar-refractivity contribution in [2.24, 2.45) is 0 Å². The van der Waals surface area contributed by atoms with Crippen LogP contribution in [0.3, 0.4) is 0 Å². The van der Waals surface area contributed by atoms with Gasteiger partial charge in [0.15, 0.2) is 0 Å². The van der Waals surface area contributed by atoms with Crippen LogP contribution in [0.1, 0.15) is 24.0 Å². The van der Waals surface area contributed by atoms with E-state index in [0.717, 1.165) is 32.5 Å². The number of pyridine rings is 1. The van der Waals surface area contributed by atoms with Crippen LogP contribution in [0, 0.1) is 0 Å². The number of carbonyl (C=O) groups is 1. The molecular weight excluding hydrogens is 435 g/mol. The molecule has 1 fully saturated rings. The molecule has 1 aromatic heterocycles. The number of hydroxylamine groups is 1. The molecule has 0 bridgehead atoms. The maximum Gasteiger partial charge on any atom is 0.267 e. The average Bonchev–Trinajstić information content (AvgIpc) is 2.70. The third kappa shape index (κ3) is 7.84. The molecule has 1 aliphatic rings. The fourth-order valence-electron chi connectivity index (χ4n) is 3.13. The van der Waals surface area contributed by atoms with Crippen LogP contribution in [0.25, 0.3) is 6.08 Å². The molecule has 0 unspecified atom stereocenters. The lowest BCUT2D eigenvalue weighted by Crippen LogP contribution is -2.38. The number of hydrogen-bond acceptors (Lipinski definition) is 5. The van der Waals surface area contributed by atoms with Crippen LogP contribution in [0.2, 0.25) is 5.02 Å². The van der Waals surface area contributed by atoms with Gasteiger partial charge in [-0.15, -0.1) is 24.8 Å². The highest BCUT2D eigenvalue weighted by molar-refractivity contribution is 6.33. The predicted molar refractivity (Wildman–Crippen MR) is 121 cm³/mol. The van der Waals surface area contributed by atoms with Crippen molar-refractivity contribution in [3.05, 3.63) is 64.8 Å². The molecule has 0 saturated carbocycles. The topological polar surface area (TPSA) is 77.5 Å². The second-order valence-corrected chi connectivity index (χ2v) is 7.00. The van der Waals surface area contributed by atoms with E-state index < -0.39 is 5.91 Å². The number of halogens is 3. The fourth-order valence-corrected chi connectivity index (χ4v) is 3.36. The standard InChI is InChI=1S/C20H23ClN4O2.2ClH/c21-18-12-16(6-7-19(26)24-27)13-22-20(18)23-17-8-10-25(11-9-17)14-15-4-2-1-3-5-15;;/h1-7,12-13,17,27H,8-11,14H2,(H,22,23)(H,24,26);2*1H. The van der Waals surface area contributed by atoms with Gasteiger partial charge in [-0.25, -0.2) is 10.5 Å². The minimum atomic E-state index is -0.601. The SMILES string of the molecule is Cl.Cl.O=C(C=Cc1cnc(NC2CCN(Cc3ccccc3)CC2)c(Cl)c1)NO. The maximum atomic E-state index is 11.0. The first-order valence-corrected chi connectivity index (χ1v) is 9.32. The van der Waals surface area contributed by atoms with E-state index in [1.54, 1.807) is 12.3 Å². The molecule has 6 nitrogen and oxygen atoms in total. The summed E-state index contributed by atoms with van der Waals surface area (Å²) < 4.78 is 0. The molecule has 1 amide bonds. The smallest absolute Gasteiger partial charge is 0.267 e. The number of hydrogen-bond donors (Lipinski definition) is 3. The highest BCUT2D eigenvalue weighted by Gasteiger charge is 2.20. The van der Waals surface area contributed by atoms with Crippen molar-refractivity contribution in [1.29, 1.82) is 0 Å². The zero-order chi connectivity index (χ0) is 19.1. The average molecular weight is 460 g/mol. The van der Waals surface area contributed by atoms with Gasteiger partial charge in [0.2, 0.25) is 0 Å². The second kappa shape index (κ2) is 12.7. The van der Waals surface area contributed by atoms with Crippen LogP contribution in [0.5, 0.6) is 0 Å². The summed E-state index contributed by atoms with van der Waals surface area (Å²) in [5, 5.41) is 12.4. The first-order valence-electron chi connectivity index (χ1n) is 8.94. The van der Waals surface area contributed by atoms with E-state index in [1.165, 1.54) is 23.2 Å². The number of nitrogens with zero attached hydrogens (tertiary/aromatic N) is 2. The van der Waals surface area contributed by atoms with Crippen molar-refractivity contribution in [2.45, 2.75) is 25.4 Å². The Morgan fingerprint density at radius 2 is 1.93 bits per heavy atom. The first kappa shape index (κ1) is 25.2. The predicted octanol–water partition coefficient (Wildman–Crippen LogP) is 4.17. The van der Waals surface area contributed by atoms with E-state index in [-0.39, 0.29) is 24.8 Å². The summed E-state index contributed by atoms with van der Waals surface area (Å²) in [6.45, 7) is 3.04. The first-order chi connectivity index (χ1) is 13.1. The highest BCUT2D eigenvalue weighted by atomic mass is 35.5. The van der Waals surface area contributed by atoms with Crippen molar-refractivity contribution in [1.82, 2.24) is 15.4 Å². The van der Waals surface area contributed by atoms with Gasteiger partial charge in [-0.1, -0.05) is 41.9 Å². The third-order valence-corrected chi connectivity index (χ3v) is 4.87. The summed E-state index contributed by atoms with van der Waals surface area (Å²) >= 11 is 6.31. The number of amides is 1. The van der Waals surface area contributed by atoms with Crippen LogP contribution >= 0.6 is 36.4 Å². The summed E-state index contributed by atoms with van der Waals surface area (Å²) in [5.41, 5.74) is 3.57. The Bertz CT molecular complexity index is 798. The summed E-state index contributed by atoms with van der Waals surface area (Å²) in [4.78, 5) is 17.8. The summed E-state index contributed by atoms with van der Waals surface area (Å²) in [6, 6.07) is 12.6. The Hall–Kier alpha value is -1.83. The number of likely N-dealkylation sites (tertiary alicyclic amines) is 1. The Balaban J connectivity index is 0.00000210. The number of piperidine rings is 1. The Morgan fingerprint density at radius 3 is 2.55 bits per heavy atom. The molecule has 0 aliphatic carbocycles. The lowest BCUT2D eigenvalue weighted by molar-refractivity contribution is -0.124. The zero-order valence-corrected chi connectivity index (χ0v) is 18.1. The minimum Gasteiger partial charge on any atom is -0.366 e. The molecule has 29 heavy (non-hydrogen) atoms. The van der Waals surface area contributed by atoms with E-state index >= 15 is 0 Å². The number of anilines is 1. The van der Waals surface area contributed by atoms with Gasteiger partial charge in [0, 0.05) is 37.9 Å². The van der Waals surface area contributed by atoms with Gasteiger partial charge < -0.3 is 5.32 Å². The van der Waals surface area contributed by atoms with Crippen LogP contribution in [-0.4, -0.2) is 40.1 Å². The molecule has 2 heterocycles. The highest BCUT2D eigenvalue weighted by Crippen LogP contribution is 2.24. The second-order valence-electron chi connectivity index (χ2n) is 6.59. The molecule has 0 atom stereocenters. The van der Waals surface area contributed by atoms with E-state index in [1.807, 2.05) is 6.07 Å². The van der Waals surface area contributed by atoms with Gasteiger partial charge in [-0.3, -0.25) is 14.9 Å². The summed E-state index contributed by atoms with van der Waals surface area (Å²) in [5.74, 6) is 0.0533. The van der Waals surface area contributed by atoms with E-state index in [4.69, 9.17) is 16.8 Å². The number of rotatable bonds is 6. The van der Waals surface area contributed by atoms with Gasteiger partial charge in [0.05, 0.1) is 5.02 Å². The van der Waals surface area contributed by atoms with Gasteiger partial charge in [-0.05, 0) is 36.1 Å². The Kier molecular flexibility index (Phi) is 11.0. The van der Waals surface area contributed by atoms with Crippen molar-refractivity contribution in [3.63, 3.8) is 0 Å².